The Balaban J connectivity index is 1.94. The van der Waals surface area contributed by atoms with Crippen molar-refractivity contribution >= 4 is 21.6 Å². The average molecular weight is 355 g/mol. The number of sulfonamides is 1. The van der Waals surface area contributed by atoms with E-state index in [0.717, 1.165) is 0 Å². The van der Waals surface area contributed by atoms with Crippen LogP contribution >= 0.6 is 0 Å². The van der Waals surface area contributed by atoms with E-state index in [1.165, 1.54) is 0 Å². The molecule has 1 saturated heterocycles. The molecule has 1 aliphatic rings. The smallest absolute Gasteiger partial charge is 0.241 e. The van der Waals surface area contributed by atoms with E-state index in [0.29, 0.717) is 31.1 Å². The van der Waals surface area contributed by atoms with Gasteiger partial charge in [0.25, 0.3) is 0 Å². The molecule has 7 nitrogen and oxygen atoms in total. The van der Waals surface area contributed by atoms with Crippen molar-refractivity contribution in [3.63, 3.8) is 0 Å². The summed E-state index contributed by atoms with van der Waals surface area (Å²) in [5.41, 5.74) is 0.410. The van der Waals surface area contributed by atoms with Gasteiger partial charge in [-0.25, -0.2) is 8.42 Å². The lowest BCUT2D eigenvalue weighted by Crippen LogP contribution is -2.52. The van der Waals surface area contributed by atoms with Gasteiger partial charge in [0, 0.05) is 31.4 Å². The summed E-state index contributed by atoms with van der Waals surface area (Å²) in [5, 5.41) is 3.22. The maximum Gasteiger partial charge on any atom is 0.241 e. The van der Waals surface area contributed by atoms with Crippen LogP contribution in [-0.4, -0.2) is 56.8 Å². The Morgan fingerprint density at radius 3 is 2.62 bits per heavy atom. The van der Waals surface area contributed by atoms with Crippen LogP contribution in [0.4, 0.5) is 5.69 Å². The largest absolute Gasteiger partial charge is 0.491 e. The molecule has 8 heteroatoms. The van der Waals surface area contributed by atoms with Crippen LogP contribution in [0.25, 0.3) is 0 Å². The van der Waals surface area contributed by atoms with Gasteiger partial charge in [-0.2, -0.15) is 0 Å². The molecule has 1 aromatic carbocycles. The third-order valence-electron chi connectivity index (χ3n) is 3.53. The molecular formula is C16H25N3O4S. The van der Waals surface area contributed by atoms with Crippen molar-refractivity contribution in [2.24, 2.45) is 0 Å². The summed E-state index contributed by atoms with van der Waals surface area (Å²) in [6, 6.07) is 6.79. The SMILES string of the molecule is CC1CN(C(=O)CS(=O)(=O)Nc2ccc(OC(C)C)cc2)CCN1. The summed E-state index contributed by atoms with van der Waals surface area (Å²) >= 11 is 0. The van der Waals surface area contributed by atoms with E-state index in [2.05, 4.69) is 10.0 Å². The first-order valence-electron chi connectivity index (χ1n) is 8.03. The number of amides is 1. The standard InChI is InChI=1S/C16H25N3O4S/c1-12(2)23-15-6-4-14(5-7-15)18-24(21,22)11-16(20)19-9-8-17-13(3)10-19/h4-7,12-13,17-18H,8-11H2,1-3H3. The van der Waals surface area contributed by atoms with Crippen molar-refractivity contribution in [2.45, 2.75) is 32.9 Å². The van der Waals surface area contributed by atoms with Crippen LogP contribution in [0.15, 0.2) is 24.3 Å². The highest BCUT2D eigenvalue weighted by Crippen LogP contribution is 2.18. The number of carbonyl (C=O) groups is 1. The maximum absolute atomic E-state index is 12.2. The molecule has 1 aromatic rings. The number of ether oxygens (including phenoxy) is 1. The number of rotatable bonds is 6. The maximum atomic E-state index is 12.2. The average Bonchev–Trinajstić information content (AvgIpc) is 2.48. The zero-order valence-corrected chi connectivity index (χ0v) is 15.1. The minimum absolute atomic E-state index is 0.0478. The van der Waals surface area contributed by atoms with Crippen LogP contribution < -0.4 is 14.8 Å². The van der Waals surface area contributed by atoms with Gasteiger partial charge in [-0.05, 0) is 45.0 Å². The molecule has 1 heterocycles. The minimum Gasteiger partial charge on any atom is -0.491 e. The Hall–Kier alpha value is -1.80. The first kappa shape index (κ1) is 18.5. The van der Waals surface area contributed by atoms with E-state index in [-0.39, 0.29) is 18.1 Å². The van der Waals surface area contributed by atoms with Crippen molar-refractivity contribution in [1.29, 1.82) is 0 Å². The third kappa shape index (κ3) is 5.68. The quantitative estimate of drug-likeness (QED) is 0.796. The molecule has 1 aliphatic heterocycles. The zero-order chi connectivity index (χ0) is 17.7. The lowest BCUT2D eigenvalue weighted by atomic mass is 10.2. The lowest BCUT2D eigenvalue weighted by molar-refractivity contribution is -0.129. The molecular weight excluding hydrogens is 330 g/mol. The van der Waals surface area contributed by atoms with Crippen LogP contribution in [0.2, 0.25) is 0 Å². The van der Waals surface area contributed by atoms with Crippen molar-refractivity contribution < 1.29 is 17.9 Å². The molecule has 134 valence electrons. The van der Waals surface area contributed by atoms with Gasteiger partial charge in [-0.1, -0.05) is 0 Å². The summed E-state index contributed by atoms with van der Waals surface area (Å²) in [6.45, 7) is 7.53. The monoisotopic (exact) mass is 355 g/mol. The Morgan fingerprint density at radius 2 is 2.04 bits per heavy atom. The summed E-state index contributed by atoms with van der Waals surface area (Å²) in [4.78, 5) is 13.8. The summed E-state index contributed by atoms with van der Waals surface area (Å²) in [6.07, 6.45) is 0.0478. The van der Waals surface area contributed by atoms with Gasteiger partial charge < -0.3 is 15.0 Å². The normalized spacial score (nSPS) is 18.5. The Kier molecular flexibility index (Phi) is 6.06. The minimum atomic E-state index is -3.74. The number of piperazine rings is 1. The molecule has 24 heavy (non-hydrogen) atoms. The molecule has 0 bridgehead atoms. The number of carbonyl (C=O) groups excluding carboxylic acids is 1. The molecule has 2 N–H and O–H groups in total. The molecule has 1 atom stereocenters. The van der Waals surface area contributed by atoms with Crippen LogP contribution in [0.1, 0.15) is 20.8 Å². The molecule has 0 spiro atoms. The lowest BCUT2D eigenvalue weighted by Gasteiger charge is -2.31. The van der Waals surface area contributed by atoms with Crippen LogP contribution in [0.5, 0.6) is 5.75 Å². The number of hydrogen-bond donors (Lipinski definition) is 2. The van der Waals surface area contributed by atoms with Crippen molar-refractivity contribution in [2.75, 3.05) is 30.1 Å². The molecule has 1 unspecified atom stereocenters. The van der Waals surface area contributed by atoms with Gasteiger partial charge in [0.15, 0.2) is 0 Å². The Morgan fingerprint density at radius 1 is 1.38 bits per heavy atom. The summed E-state index contributed by atoms with van der Waals surface area (Å²) in [7, 11) is -3.74. The van der Waals surface area contributed by atoms with Gasteiger partial charge in [-0.3, -0.25) is 9.52 Å². The summed E-state index contributed by atoms with van der Waals surface area (Å²) < 4.78 is 32.3. The van der Waals surface area contributed by atoms with E-state index in [9.17, 15) is 13.2 Å². The van der Waals surface area contributed by atoms with Crippen LogP contribution in [0, 0.1) is 0 Å². The van der Waals surface area contributed by atoms with Crippen LogP contribution in [0.3, 0.4) is 0 Å². The van der Waals surface area contributed by atoms with Crippen molar-refractivity contribution in [3.05, 3.63) is 24.3 Å². The van der Waals surface area contributed by atoms with E-state index in [4.69, 9.17) is 4.74 Å². The van der Waals surface area contributed by atoms with Gasteiger partial charge in [0.05, 0.1) is 6.10 Å². The second-order valence-corrected chi connectivity index (χ2v) is 7.97. The van der Waals surface area contributed by atoms with Crippen molar-refractivity contribution in [1.82, 2.24) is 10.2 Å². The highest BCUT2D eigenvalue weighted by atomic mass is 32.2. The Labute approximate surface area is 143 Å². The number of anilines is 1. The second-order valence-electron chi connectivity index (χ2n) is 6.25. The fourth-order valence-corrected chi connectivity index (χ4v) is 3.58. The van der Waals surface area contributed by atoms with Crippen LogP contribution in [-0.2, 0) is 14.8 Å². The van der Waals surface area contributed by atoms with Gasteiger partial charge in [0.2, 0.25) is 15.9 Å². The molecule has 0 aliphatic carbocycles. The predicted molar refractivity (Wildman–Crippen MR) is 93.7 cm³/mol. The highest BCUT2D eigenvalue weighted by Gasteiger charge is 2.25. The second kappa shape index (κ2) is 7.85. The first-order valence-corrected chi connectivity index (χ1v) is 9.69. The van der Waals surface area contributed by atoms with E-state index in [1.54, 1.807) is 29.2 Å². The fourth-order valence-electron chi connectivity index (χ4n) is 2.50. The fraction of sp³-hybridized carbons (Fsp3) is 0.562. The number of hydrogen-bond acceptors (Lipinski definition) is 5. The highest BCUT2D eigenvalue weighted by molar-refractivity contribution is 7.93. The molecule has 2 rings (SSSR count). The number of nitrogens with zero attached hydrogens (tertiary/aromatic N) is 1. The third-order valence-corrected chi connectivity index (χ3v) is 4.71. The topological polar surface area (TPSA) is 87.7 Å². The first-order chi connectivity index (χ1) is 11.2. The van der Waals surface area contributed by atoms with E-state index in [1.807, 2.05) is 20.8 Å². The van der Waals surface area contributed by atoms with Crippen molar-refractivity contribution in [3.8, 4) is 5.75 Å². The molecule has 0 saturated carbocycles. The van der Waals surface area contributed by atoms with Gasteiger partial charge >= 0.3 is 0 Å². The number of benzene rings is 1. The van der Waals surface area contributed by atoms with Gasteiger partial charge in [0.1, 0.15) is 11.5 Å². The zero-order valence-electron chi connectivity index (χ0n) is 14.3. The summed E-state index contributed by atoms with van der Waals surface area (Å²) in [5.74, 6) is -0.265. The molecule has 0 aromatic heterocycles. The van der Waals surface area contributed by atoms with E-state index < -0.39 is 15.8 Å². The predicted octanol–water partition coefficient (Wildman–Crippen LogP) is 1.04. The molecule has 1 fully saturated rings. The number of nitrogens with one attached hydrogen (secondary N) is 2. The van der Waals surface area contributed by atoms with Gasteiger partial charge in [-0.15, -0.1) is 0 Å². The Bertz CT molecular complexity index is 658. The molecule has 1 amide bonds. The molecule has 0 radical (unpaired) electrons. The van der Waals surface area contributed by atoms with E-state index >= 15 is 0 Å².